The van der Waals surface area contributed by atoms with Gasteiger partial charge in [0.2, 0.25) is 11.8 Å². The Labute approximate surface area is 151 Å². The number of amides is 2. The standard InChI is InChI=1S/C19H23N3O2S/c23-17-10-4-5-11-21(17)13-18(24)22-12-6-3-8-15(22)19-20-14-7-1-2-9-16(14)25-19/h1-2,7,9,15H,3-6,8,10-13H2. The molecule has 2 fully saturated rings. The number of benzene rings is 1. The van der Waals surface area contributed by atoms with Gasteiger partial charge in [-0.05, 0) is 44.2 Å². The number of piperidine rings is 2. The highest BCUT2D eigenvalue weighted by molar-refractivity contribution is 7.18. The predicted octanol–water partition coefficient (Wildman–Crippen LogP) is 3.36. The van der Waals surface area contributed by atoms with Crippen LogP contribution in [0.1, 0.15) is 49.6 Å². The van der Waals surface area contributed by atoms with Gasteiger partial charge in [0.1, 0.15) is 5.01 Å². The Bertz CT molecular complexity index is 755. The number of thiazole rings is 1. The second kappa shape index (κ2) is 7.12. The van der Waals surface area contributed by atoms with Crippen molar-refractivity contribution >= 4 is 33.4 Å². The van der Waals surface area contributed by atoms with Crippen LogP contribution in [-0.4, -0.2) is 46.2 Å². The molecule has 132 valence electrons. The first-order chi connectivity index (χ1) is 12.2. The summed E-state index contributed by atoms with van der Waals surface area (Å²) in [6, 6.07) is 8.18. The van der Waals surface area contributed by atoms with E-state index in [9.17, 15) is 9.59 Å². The van der Waals surface area contributed by atoms with E-state index in [1.807, 2.05) is 23.1 Å². The van der Waals surface area contributed by atoms with Crippen LogP contribution < -0.4 is 0 Å². The van der Waals surface area contributed by atoms with E-state index in [1.165, 1.54) is 4.70 Å². The van der Waals surface area contributed by atoms with E-state index in [-0.39, 0.29) is 24.4 Å². The lowest BCUT2D eigenvalue weighted by atomic mass is 10.0. The second-order valence-corrected chi connectivity index (χ2v) is 7.95. The van der Waals surface area contributed by atoms with Crippen LogP contribution in [0.15, 0.2) is 24.3 Å². The van der Waals surface area contributed by atoms with Gasteiger partial charge in [0.25, 0.3) is 0 Å². The number of carbonyl (C=O) groups excluding carboxylic acids is 2. The summed E-state index contributed by atoms with van der Waals surface area (Å²) in [5.74, 6) is 0.187. The second-order valence-electron chi connectivity index (χ2n) is 6.89. The number of fused-ring (bicyclic) bond motifs is 1. The Balaban J connectivity index is 1.53. The third-order valence-electron chi connectivity index (χ3n) is 5.17. The lowest BCUT2D eigenvalue weighted by Crippen LogP contribution is -2.47. The molecule has 2 aromatic rings. The van der Waals surface area contributed by atoms with Crippen molar-refractivity contribution in [1.29, 1.82) is 0 Å². The van der Waals surface area contributed by atoms with E-state index in [4.69, 9.17) is 4.98 Å². The molecule has 0 bridgehead atoms. The number of para-hydroxylation sites is 1. The molecule has 1 unspecified atom stereocenters. The van der Waals surface area contributed by atoms with Gasteiger partial charge in [0.15, 0.2) is 0 Å². The monoisotopic (exact) mass is 357 g/mol. The molecular weight excluding hydrogens is 334 g/mol. The zero-order valence-electron chi connectivity index (χ0n) is 14.3. The smallest absolute Gasteiger partial charge is 0.242 e. The highest BCUT2D eigenvalue weighted by atomic mass is 32.1. The summed E-state index contributed by atoms with van der Waals surface area (Å²) < 4.78 is 1.17. The summed E-state index contributed by atoms with van der Waals surface area (Å²) in [6.07, 6.45) is 5.63. The molecule has 0 N–H and O–H groups in total. The zero-order chi connectivity index (χ0) is 17.2. The van der Waals surface area contributed by atoms with Gasteiger partial charge in [-0.25, -0.2) is 4.98 Å². The molecule has 2 aliphatic rings. The molecule has 1 aromatic heterocycles. The average molecular weight is 357 g/mol. The molecule has 0 aliphatic carbocycles. The van der Waals surface area contributed by atoms with Gasteiger partial charge >= 0.3 is 0 Å². The molecule has 0 saturated carbocycles. The van der Waals surface area contributed by atoms with E-state index in [0.29, 0.717) is 13.0 Å². The zero-order valence-corrected chi connectivity index (χ0v) is 15.1. The Morgan fingerprint density at radius 1 is 1.16 bits per heavy atom. The molecule has 3 heterocycles. The fourth-order valence-electron chi connectivity index (χ4n) is 3.80. The largest absolute Gasteiger partial charge is 0.333 e. The fourth-order valence-corrected chi connectivity index (χ4v) is 4.92. The van der Waals surface area contributed by atoms with Crippen LogP contribution in [0.4, 0.5) is 0 Å². The number of aromatic nitrogens is 1. The van der Waals surface area contributed by atoms with E-state index in [2.05, 4.69) is 6.07 Å². The number of rotatable bonds is 3. The Morgan fingerprint density at radius 3 is 2.84 bits per heavy atom. The number of hydrogen-bond donors (Lipinski definition) is 0. The maximum atomic E-state index is 12.9. The first-order valence-corrected chi connectivity index (χ1v) is 9.97. The van der Waals surface area contributed by atoms with Crippen LogP contribution in [0, 0.1) is 0 Å². The third kappa shape index (κ3) is 3.40. The molecule has 2 amide bonds. The van der Waals surface area contributed by atoms with Gasteiger partial charge in [-0.3, -0.25) is 9.59 Å². The van der Waals surface area contributed by atoms with Crippen molar-refractivity contribution in [2.24, 2.45) is 0 Å². The number of likely N-dealkylation sites (tertiary alicyclic amines) is 2. The van der Waals surface area contributed by atoms with Crippen LogP contribution >= 0.6 is 11.3 Å². The highest BCUT2D eigenvalue weighted by Gasteiger charge is 2.32. The van der Waals surface area contributed by atoms with Gasteiger partial charge < -0.3 is 9.80 Å². The molecule has 0 radical (unpaired) electrons. The maximum Gasteiger partial charge on any atom is 0.242 e. The lowest BCUT2D eigenvalue weighted by molar-refractivity contribution is -0.144. The fraction of sp³-hybridized carbons (Fsp3) is 0.526. The highest BCUT2D eigenvalue weighted by Crippen LogP contribution is 2.35. The van der Waals surface area contributed by atoms with Crippen molar-refractivity contribution in [3.63, 3.8) is 0 Å². The van der Waals surface area contributed by atoms with Crippen molar-refractivity contribution < 1.29 is 9.59 Å². The molecule has 4 rings (SSSR count). The number of nitrogens with zero attached hydrogens (tertiary/aromatic N) is 3. The molecule has 2 aliphatic heterocycles. The van der Waals surface area contributed by atoms with Crippen molar-refractivity contribution in [2.75, 3.05) is 19.6 Å². The summed E-state index contributed by atoms with van der Waals surface area (Å²) in [4.78, 5) is 33.4. The minimum Gasteiger partial charge on any atom is -0.333 e. The van der Waals surface area contributed by atoms with Crippen molar-refractivity contribution in [2.45, 2.75) is 44.6 Å². The van der Waals surface area contributed by atoms with Gasteiger partial charge in [0, 0.05) is 19.5 Å². The summed E-state index contributed by atoms with van der Waals surface area (Å²) in [5, 5.41) is 1.03. The van der Waals surface area contributed by atoms with Crippen LogP contribution in [0.25, 0.3) is 10.2 Å². The van der Waals surface area contributed by atoms with Crippen molar-refractivity contribution in [3.05, 3.63) is 29.3 Å². The normalized spacial score (nSPS) is 21.8. The molecule has 5 nitrogen and oxygen atoms in total. The quantitative estimate of drug-likeness (QED) is 0.846. The van der Waals surface area contributed by atoms with E-state index < -0.39 is 0 Å². The van der Waals surface area contributed by atoms with Crippen LogP contribution in [0.2, 0.25) is 0 Å². The van der Waals surface area contributed by atoms with Gasteiger partial charge in [0.05, 0.1) is 22.8 Å². The maximum absolute atomic E-state index is 12.9. The number of hydrogen-bond acceptors (Lipinski definition) is 4. The Hall–Kier alpha value is -1.95. The number of carbonyl (C=O) groups is 2. The molecular formula is C19H23N3O2S. The van der Waals surface area contributed by atoms with Crippen LogP contribution in [0.5, 0.6) is 0 Å². The summed E-state index contributed by atoms with van der Waals surface area (Å²) >= 11 is 1.69. The topological polar surface area (TPSA) is 53.5 Å². The summed E-state index contributed by atoms with van der Waals surface area (Å²) in [6.45, 7) is 1.70. The van der Waals surface area contributed by atoms with E-state index in [1.54, 1.807) is 16.2 Å². The minimum absolute atomic E-state index is 0.0542. The average Bonchev–Trinajstić information content (AvgIpc) is 3.07. The first-order valence-electron chi connectivity index (χ1n) is 9.15. The van der Waals surface area contributed by atoms with Crippen LogP contribution in [0.3, 0.4) is 0 Å². The van der Waals surface area contributed by atoms with E-state index in [0.717, 1.165) is 49.2 Å². The summed E-state index contributed by atoms with van der Waals surface area (Å²) in [5.41, 5.74) is 1.01. The molecule has 6 heteroatoms. The molecule has 2 saturated heterocycles. The van der Waals surface area contributed by atoms with E-state index >= 15 is 0 Å². The predicted molar refractivity (Wildman–Crippen MR) is 98.4 cm³/mol. The Morgan fingerprint density at radius 2 is 2.00 bits per heavy atom. The third-order valence-corrected chi connectivity index (χ3v) is 6.30. The molecule has 0 spiro atoms. The van der Waals surface area contributed by atoms with Crippen LogP contribution in [-0.2, 0) is 9.59 Å². The SMILES string of the molecule is O=C1CCCCN1CC(=O)N1CCCCC1c1nc2ccccc2s1. The summed E-state index contributed by atoms with van der Waals surface area (Å²) in [7, 11) is 0. The van der Waals surface area contributed by atoms with Gasteiger partial charge in [-0.15, -0.1) is 11.3 Å². The lowest BCUT2D eigenvalue weighted by Gasteiger charge is -2.36. The van der Waals surface area contributed by atoms with Crippen molar-refractivity contribution in [1.82, 2.24) is 14.8 Å². The molecule has 1 aromatic carbocycles. The first kappa shape index (κ1) is 16.5. The molecule has 25 heavy (non-hydrogen) atoms. The van der Waals surface area contributed by atoms with Crippen molar-refractivity contribution in [3.8, 4) is 0 Å². The van der Waals surface area contributed by atoms with Gasteiger partial charge in [-0.2, -0.15) is 0 Å². The minimum atomic E-state index is 0.0542. The Kier molecular flexibility index (Phi) is 4.70. The molecule has 1 atom stereocenters. The van der Waals surface area contributed by atoms with Gasteiger partial charge in [-0.1, -0.05) is 12.1 Å².